The van der Waals surface area contributed by atoms with Gasteiger partial charge < -0.3 is 10.6 Å². The van der Waals surface area contributed by atoms with E-state index in [9.17, 15) is 17.6 Å². The number of amides is 1. The van der Waals surface area contributed by atoms with Crippen molar-refractivity contribution in [1.82, 2.24) is 4.90 Å². The molecule has 5 nitrogen and oxygen atoms in total. The predicted octanol–water partition coefficient (Wildman–Crippen LogP) is 0.969. The molecule has 2 rings (SSSR count). The summed E-state index contributed by atoms with van der Waals surface area (Å²) in [5.74, 6) is -0.976. The number of rotatable bonds is 3. The van der Waals surface area contributed by atoms with Gasteiger partial charge in [-0.15, -0.1) is 12.4 Å². The summed E-state index contributed by atoms with van der Waals surface area (Å²) >= 11 is 0. The lowest BCUT2D eigenvalue weighted by molar-refractivity contribution is -0.129. The molecule has 1 heterocycles. The number of nitrogens with two attached hydrogens (primary N) is 1. The molecular formula is C13H18ClFN2O3S. The van der Waals surface area contributed by atoms with Gasteiger partial charge in [0.25, 0.3) is 0 Å². The van der Waals surface area contributed by atoms with Crippen molar-refractivity contribution in [2.24, 2.45) is 5.73 Å². The fraction of sp³-hybridized carbons (Fsp3) is 0.462. The highest BCUT2D eigenvalue weighted by atomic mass is 35.5. The van der Waals surface area contributed by atoms with E-state index in [0.29, 0.717) is 19.5 Å². The third-order valence-corrected chi connectivity index (χ3v) is 5.55. The van der Waals surface area contributed by atoms with Crippen LogP contribution < -0.4 is 5.73 Å². The normalized spacial score (nSPS) is 20.0. The number of likely N-dealkylation sites (tertiary alicyclic amines) is 1. The van der Waals surface area contributed by atoms with Crippen LogP contribution in [0.3, 0.4) is 0 Å². The molecule has 0 bridgehead atoms. The summed E-state index contributed by atoms with van der Waals surface area (Å²) in [5.41, 5.74) is 5.71. The number of hydrogen-bond donors (Lipinski definition) is 1. The Morgan fingerprint density at radius 1 is 1.38 bits per heavy atom. The van der Waals surface area contributed by atoms with E-state index in [0.717, 1.165) is 12.1 Å². The van der Waals surface area contributed by atoms with Crippen LogP contribution in [-0.4, -0.2) is 43.6 Å². The molecule has 8 heteroatoms. The molecule has 1 fully saturated rings. The summed E-state index contributed by atoms with van der Waals surface area (Å²) in [7, 11) is -3.81. The van der Waals surface area contributed by atoms with Crippen LogP contribution >= 0.6 is 12.4 Å². The molecule has 1 aliphatic rings. The molecule has 1 saturated heterocycles. The fourth-order valence-electron chi connectivity index (χ4n) is 2.21. The molecule has 1 aliphatic heterocycles. The Bertz CT molecular complexity index is 606. The van der Waals surface area contributed by atoms with Crippen LogP contribution in [0, 0.1) is 5.82 Å². The van der Waals surface area contributed by atoms with E-state index in [1.54, 1.807) is 0 Å². The Kier molecular flexibility index (Phi) is 5.72. The first-order chi connectivity index (χ1) is 9.32. The third-order valence-electron chi connectivity index (χ3n) is 3.49. The second-order valence-corrected chi connectivity index (χ2v) is 7.24. The van der Waals surface area contributed by atoms with Gasteiger partial charge in [0.1, 0.15) is 11.1 Å². The summed E-state index contributed by atoms with van der Waals surface area (Å²) in [6.07, 6.45) is 0.676. The maximum atomic E-state index is 12.8. The van der Waals surface area contributed by atoms with Gasteiger partial charge in [0, 0.05) is 19.1 Å². The number of halogens is 2. The number of benzene rings is 1. The fourth-order valence-corrected chi connectivity index (χ4v) is 3.54. The van der Waals surface area contributed by atoms with Crippen molar-refractivity contribution in [3.05, 3.63) is 30.1 Å². The van der Waals surface area contributed by atoms with Crippen molar-refractivity contribution in [2.75, 3.05) is 13.1 Å². The molecule has 0 aliphatic carbocycles. The average Bonchev–Trinajstić information content (AvgIpc) is 2.84. The molecule has 2 N–H and O–H groups in total. The van der Waals surface area contributed by atoms with Crippen molar-refractivity contribution in [3.8, 4) is 0 Å². The summed E-state index contributed by atoms with van der Waals surface area (Å²) in [5, 5.41) is -1.20. The lowest BCUT2D eigenvalue weighted by atomic mass is 10.3. The highest BCUT2D eigenvalue weighted by Crippen LogP contribution is 2.20. The lowest BCUT2D eigenvalue weighted by Crippen LogP contribution is -2.41. The zero-order valence-corrected chi connectivity index (χ0v) is 13.2. The van der Waals surface area contributed by atoms with Crippen LogP contribution in [-0.2, 0) is 14.6 Å². The molecule has 1 amide bonds. The van der Waals surface area contributed by atoms with Gasteiger partial charge in [-0.25, -0.2) is 12.8 Å². The summed E-state index contributed by atoms with van der Waals surface area (Å²) < 4.78 is 37.5. The maximum absolute atomic E-state index is 12.8. The summed E-state index contributed by atoms with van der Waals surface area (Å²) in [6, 6.07) is 4.37. The monoisotopic (exact) mass is 336 g/mol. The molecule has 0 radical (unpaired) electrons. The number of nitrogens with zero attached hydrogens (tertiary/aromatic N) is 1. The van der Waals surface area contributed by atoms with Gasteiger partial charge >= 0.3 is 0 Å². The summed E-state index contributed by atoms with van der Waals surface area (Å²) in [4.78, 5) is 13.6. The zero-order valence-electron chi connectivity index (χ0n) is 11.5. The molecular weight excluding hydrogens is 319 g/mol. The van der Waals surface area contributed by atoms with Crippen molar-refractivity contribution in [1.29, 1.82) is 0 Å². The van der Waals surface area contributed by atoms with Crippen LogP contribution in [0.1, 0.15) is 13.3 Å². The van der Waals surface area contributed by atoms with Crippen LogP contribution in [0.4, 0.5) is 4.39 Å². The highest BCUT2D eigenvalue weighted by Gasteiger charge is 2.35. The standard InChI is InChI=1S/C13H17FN2O3S.ClH/c1-9(13(17)16-7-6-11(15)8-16)20(18,19)12-4-2-10(14)3-5-12;/h2-5,9,11H,6-8,15H2,1H3;1H. The smallest absolute Gasteiger partial charge is 0.241 e. The molecule has 2 unspecified atom stereocenters. The van der Waals surface area contributed by atoms with Crippen LogP contribution in [0.2, 0.25) is 0 Å². The topological polar surface area (TPSA) is 80.5 Å². The van der Waals surface area contributed by atoms with Gasteiger partial charge in [-0.1, -0.05) is 0 Å². The third kappa shape index (κ3) is 3.72. The number of carbonyl (C=O) groups excluding carboxylic acids is 1. The minimum Gasteiger partial charge on any atom is -0.340 e. The number of sulfone groups is 1. The Balaban J connectivity index is 0.00000220. The van der Waals surface area contributed by atoms with E-state index in [-0.39, 0.29) is 23.3 Å². The largest absolute Gasteiger partial charge is 0.340 e. The molecule has 21 heavy (non-hydrogen) atoms. The van der Waals surface area contributed by atoms with E-state index >= 15 is 0 Å². The molecule has 118 valence electrons. The SMILES string of the molecule is CC(C(=O)N1CCC(N)C1)S(=O)(=O)c1ccc(F)cc1.Cl. The second-order valence-electron chi connectivity index (χ2n) is 4.97. The van der Waals surface area contributed by atoms with E-state index < -0.39 is 26.8 Å². The Hall–Kier alpha value is -1.18. The molecule has 0 spiro atoms. The maximum Gasteiger partial charge on any atom is 0.241 e. The van der Waals surface area contributed by atoms with Crippen LogP contribution in [0.25, 0.3) is 0 Å². The number of hydrogen-bond acceptors (Lipinski definition) is 4. The molecule has 1 aromatic carbocycles. The first kappa shape index (κ1) is 17.9. The van der Waals surface area contributed by atoms with E-state index in [2.05, 4.69) is 0 Å². The lowest BCUT2D eigenvalue weighted by Gasteiger charge is -2.20. The average molecular weight is 337 g/mol. The molecule has 0 saturated carbocycles. The van der Waals surface area contributed by atoms with Crippen molar-refractivity contribution < 1.29 is 17.6 Å². The van der Waals surface area contributed by atoms with Gasteiger partial charge in [0.15, 0.2) is 9.84 Å². The molecule has 2 atom stereocenters. The van der Waals surface area contributed by atoms with Gasteiger partial charge in [0.2, 0.25) is 5.91 Å². The first-order valence-corrected chi connectivity index (χ1v) is 7.91. The van der Waals surface area contributed by atoms with Crippen molar-refractivity contribution >= 4 is 28.2 Å². The minimum atomic E-state index is -3.81. The highest BCUT2D eigenvalue weighted by molar-refractivity contribution is 7.92. The molecule has 1 aromatic rings. The zero-order chi connectivity index (χ0) is 14.9. The van der Waals surface area contributed by atoms with E-state index in [4.69, 9.17) is 5.73 Å². The van der Waals surface area contributed by atoms with Gasteiger partial charge in [-0.05, 0) is 37.6 Å². The van der Waals surface area contributed by atoms with Gasteiger partial charge in [-0.2, -0.15) is 0 Å². The first-order valence-electron chi connectivity index (χ1n) is 6.36. The van der Waals surface area contributed by atoms with Gasteiger partial charge in [0.05, 0.1) is 4.90 Å². The van der Waals surface area contributed by atoms with E-state index in [1.165, 1.54) is 24.0 Å². The molecule has 0 aromatic heterocycles. The summed E-state index contributed by atoms with van der Waals surface area (Å²) in [6.45, 7) is 2.20. The Morgan fingerprint density at radius 3 is 2.43 bits per heavy atom. The van der Waals surface area contributed by atoms with Crippen molar-refractivity contribution in [2.45, 2.75) is 29.5 Å². The second kappa shape index (κ2) is 6.72. The number of carbonyl (C=O) groups is 1. The Labute approximate surface area is 129 Å². The quantitative estimate of drug-likeness (QED) is 0.834. The van der Waals surface area contributed by atoms with Crippen molar-refractivity contribution in [3.63, 3.8) is 0 Å². The minimum absolute atomic E-state index is 0. The van der Waals surface area contributed by atoms with Gasteiger partial charge in [-0.3, -0.25) is 4.79 Å². The predicted molar refractivity (Wildman–Crippen MR) is 79.5 cm³/mol. The van der Waals surface area contributed by atoms with Crippen LogP contribution in [0.5, 0.6) is 0 Å². The van der Waals surface area contributed by atoms with E-state index in [1.807, 2.05) is 0 Å². The van der Waals surface area contributed by atoms with Crippen LogP contribution in [0.15, 0.2) is 29.2 Å². The Morgan fingerprint density at radius 2 is 1.95 bits per heavy atom.